The van der Waals surface area contributed by atoms with Crippen LogP contribution in [0.5, 0.6) is 0 Å². The van der Waals surface area contributed by atoms with Crippen molar-refractivity contribution in [2.75, 3.05) is 13.6 Å². The average Bonchev–Trinajstić information content (AvgIpc) is 3.10. The molecule has 0 N–H and O–H groups in total. The van der Waals surface area contributed by atoms with E-state index in [1.165, 1.54) is 24.1 Å². The van der Waals surface area contributed by atoms with Gasteiger partial charge in [0, 0.05) is 37.3 Å². The number of fused-ring (bicyclic) bond motifs is 1. The van der Waals surface area contributed by atoms with Gasteiger partial charge in [0.1, 0.15) is 0 Å². The summed E-state index contributed by atoms with van der Waals surface area (Å²) in [5.41, 5.74) is 4.05. The summed E-state index contributed by atoms with van der Waals surface area (Å²) in [6, 6.07) is 0. The quantitative estimate of drug-likeness (QED) is 0.816. The lowest BCUT2D eigenvalue weighted by Gasteiger charge is -2.23. The molecule has 0 saturated heterocycles. The van der Waals surface area contributed by atoms with Gasteiger partial charge in [0.25, 0.3) is 0 Å². The molecule has 1 aliphatic carbocycles. The van der Waals surface area contributed by atoms with Crippen molar-refractivity contribution in [1.29, 1.82) is 0 Å². The van der Waals surface area contributed by atoms with Crippen LogP contribution in [0.15, 0.2) is 0 Å². The van der Waals surface area contributed by atoms with E-state index in [1.54, 1.807) is 0 Å². The summed E-state index contributed by atoms with van der Waals surface area (Å²) in [6.07, 6.45) is 4.16. The van der Waals surface area contributed by atoms with Gasteiger partial charge in [-0.15, -0.1) is 0 Å². The summed E-state index contributed by atoms with van der Waals surface area (Å²) in [5.74, 6) is 0.877. The molecule has 0 unspecified atom stereocenters. The zero-order chi connectivity index (χ0) is 13.4. The molecule has 0 aromatic carbocycles. The second kappa shape index (κ2) is 5.25. The molecule has 19 heavy (non-hydrogen) atoms. The van der Waals surface area contributed by atoms with E-state index in [0.29, 0.717) is 6.61 Å². The fourth-order valence-corrected chi connectivity index (χ4v) is 2.75. The Bertz CT molecular complexity index is 448. The van der Waals surface area contributed by atoms with Gasteiger partial charge in [-0.05, 0) is 39.7 Å². The zero-order valence-corrected chi connectivity index (χ0v) is 12.4. The van der Waals surface area contributed by atoms with Crippen molar-refractivity contribution in [3.63, 3.8) is 0 Å². The fraction of sp³-hybridized carbons (Fsp3) is 0.800. The smallest absolute Gasteiger partial charge is 0.0929 e. The highest BCUT2D eigenvalue weighted by atomic mass is 16.5. The molecular formula is C15H25N3O. The maximum atomic E-state index is 5.77. The lowest BCUT2D eigenvalue weighted by atomic mass is 10.1. The minimum atomic E-state index is 0.269. The molecule has 2 aliphatic rings. The standard InChI is InChI=1S/C15H25N3O/c1-11(2)19-10-14-13-9-17(3)7-6-15(13)18(16-14)8-12-4-5-12/h11-12H,4-10H2,1-3H3. The Kier molecular flexibility index (Phi) is 3.63. The molecule has 0 atom stereocenters. The van der Waals surface area contributed by atoms with Crippen molar-refractivity contribution >= 4 is 0 Å². The highest BCUT2D eigenvalue weighted by molar-refractivity contribution is 5.28. The molecule has 4 heteroatoms. The molecule has 1 saturated carbocycles. The summed E-state index contributed by atoms with van der Waals surface area (Å²) in [6.45, 7) is 8.11. The van der Waals surface area contributed by atoms with Crippen LogP contribution in [0.4, 0.5) is 0 Å². The Morgan fingerprint density at radius 2 is 2.16 bits per heavy atom. The first-order valence-electron chi connectivity index (χ1n) is 7.51. The summed E-state index contributed by atoms with van der Waals surface area (Å²) >= 11 is 0. The van der Waals surface area contributed by atoms with E-state index < -0.39 is 0 Å². The van der Waals surface area contributed by atoms with Crippen LogP contribution < -0.4 is 0 Å². The monoisotopic (exact) mass is 263 g/mol. The zero-order valence-electron chi connectivity index (χ0n) is 12.4. The largest absolute Gasteiger partial charge is 0.372 e. The number of likely N-dealkylation sites (N-methyl/N-ethyl adjacent to an activating group) is 1. The van der Waals surface area contributed by atoms with Crippen molar-refractivity contribution < 1.29 is 4.74 Å². The highest BCUT2D eigenvalue weighted by Gasteiger charge is 2.27. The lowest BCUT2D eigenvalue weighted by molar-refractivity contribution is 0.0624. The van der Waals surface area contributed by atoms with Crippen LogP contribution in [0.3, 0.4) is 0 Å². The van der Waals surface area contributed by atoms with Gasteiger partial charge >= 0.3 is 0 Å². The van der Waals surface area contributed by atoms with Gasteiger partial charge in [0.15, 0.2) is 0 Å². The third-order valence-corrected chi connectivity index (χ3v) is 4.09. The van der Waals surface area contributed by atoms with Crippen molar-refractivity contribution in [3.05, 3.63) is 17.0 Å². The number of nitrogens with zero attached hydrogens (tertiary/aromatic N) is 3. The van der Waals surface area contributed by atoms with Crippen LogP contribution in [0, 0.1) is 5.92 Å². The van der Waals surface area contributed by atoms with Crippen molar-refractivity contribution in [2.45, 2.75) is 58.9 Å². The molecule has 0 amide bonds. The predicted molar refractivity (Wildman–Crippen MR) is 74.9 cm³/mol. The summed E-state index contributed by atoms with van der Waals surface area (Å²) < 4.78 is 8.05. The van der Waals surface area contributed by atoms with E-state index in [2.05, 4.69) is 30.5 Å². The Morgan fingerprint density at radius 3 is 2.84 bits per heavy atom. The van der Waals surface area contributed by atoms with Crippen molar-refractivity contribution in [2.24, 2.45) is 5.92 Å². The molecular weight excluding hydrogens is 238 g/mol. The number of hydrogen-bond acceptors (Lipinski definition) is 3. The number of aromatic nitrogens is 2. The van der Waals surface area contributed by atoms with Crippen LogP contribution in [0.1, 0.15) is 43.6 Å². The Labute approximate surface area is 115 Å². The average molecular weight is 263 g/mol. The molecule has 0 bridgehead atoms. The Balaban J connectivity index is 1.82. The molecule has 1 aliphatic heterocycles. The van der Waals surface area contributed by atoms with Crippen molar-refractivity contribution in [1.82, 2.24) is 14.7 Å². The molecule has 0 spiro atoms. The lowest BCUT2D eigenvalue weighted by Crippen LogP contribution is -2.28. The van der Waals surface area contributed by atoms with Gasteiger partial charge < -0.3 is 9.64 Å². The number of rotatable bonds is 5. The van der Waals surface area contributed by atoms with E-state index in [9.17, 15) is 0 Å². The first-order chi connectivity index (χ1) is 9.13. The van der Waals surface area contributed by atoms with Gasteiger partial charge in [-0.3, -0.25) is 4.68 Å². The molecule has 1 fully saturated rings. The molecule has 106 valence electrons. The van der Waals surface area contributed by atoms with E-state index in [4.69, 9.17) is 9.84 Å². The first-order valence-corrected chi connectivity index (χ1v) is 7.51. The molecule has 0 radical (unpaired) electrons. The third-order valence-electron chi connectivity index (χ3n) is 4.09. The molecule has 4 nitrogen and oxygen atoms in total. The molecule has 1 aromatic rings. The number of hydrogen-bond donors (Lipinski definition) is 0. The predicted octanol–water partition coefficient (Wildman–Crippen LogP) is 2.21. The maximum Gasteiger partial charge on any atom is 0.0929 e. The van der Waals surface area contributed by atoms with Crippen LogP contribution in [0.25, 0.3) is 0 Å². The normalized spacial score (nSPS) is 20.0. The van der Waals surface area contributed by atoms with Crippen LogP contribution in [-0.2, 0) is 30.9 Å². The summed E-state index contributed by atoms with van der Waals surface area (Å²) in [4.78, 5) is 2.38. The van der Waals surface area contributed by atoms with Gasteiger partial charge in [0.2, 0.25) is 0 Å². The second-order valence-electron chi connectivity index (χ2n) is 6.34. The van der Waals surface area contributed by atoms with E-state index >= 15 is 0 Å². The van der Waals surface area contributed by atoms with Gasteiger partial charge in [-0.1, -0.05) is 0 Å². The summed E-state index contributed by atoms with van der Waals surface area (Å²) in [5, 5.41) is 4.84. The maximum absolute atomic E-state index is 5.77. The van der Waals surface area contributed by atoms with E-state index in [1.807, 2.05) is 0 Å². The van der Waals surface area contributed by atoms with Gasteiger partial charge in [-0.2, -0.15) is 5.10 Å². The van der Waals surface area contributed by atoms with Gasteiger partial charge in [-0.25, -0.2) is 0 Å². The van der Waals surface area contributed by atoms with Crippen LogP contribution >= 0.6 is 0 Å². The second-order valence-corrected chi connectivity index (χ2v) is 6.34. The Morgan fingerprint density at radius 1 is 1.37 bits per heavy atom. The fourth-order valence-electron chi connectivity index (χ4n) is 2.75. The SMILES string of the molecule is CC(C)OCc1nn(CC2CC2)c2c1CN(C)CC2. The van der Waals surface area contributed by atoms with Gasteiger partial charge in [0.05, 0.1) is 18.4 Å². The van der Waals surface area contributed by atoms with E-state index in [0.717, 1.165) is 37.7 Å². The third kappa shape index (κ3) is 3.00. The van der Waals surface area contributed by atoms with E-state index in [-0.39, 0.29) is 6.10 Å². The molecule has 1 aromatic heterocycles. The first kappa shape index (κ1) is 13.1. The summed E-state index contributed by atoms with van der Waals surface area (Å²) in [7, 11) is 2.19. The number of ether oxygens (including phenoxy) is 1. The molecule has 2 heterocycles. The minimum Gasteiger partial charge on any atom is -0.372 e. The topological polar surface area (TPSA) is 30.3 Å². The van der Waals surface area contributed by atoms with Crippen LogP contribution in [-0.4, -0.2) is 34.4 Å². The molecule has 3 rings (SSSR count). The van der Waals surface area contributed by atoms with Crippen LogP contribution in [0.2, 0.25) is 0 Å². The Hall–Kier alpha value is -0.870. The highest BCUT2D eigenvalue weighted by Crippen LogP contribution is 2.32. The minimum absolute atomic E-state index is 0.269. The van der Waals surface area contributed by atoms with Crippen molar-refractivity contribution in [3.8, 4) is 0 Å².